The number of hydrogen-bond donors (Lipinski definition) is 0. The Bertz CT molecular complexity index is 577. The van der Waals surface area contributed by atoms with Crippen molar-refractivity contribution in [1.29, 1.82) is 0 Å². The van der Waals surface area contributed by atoms with Crippen molar-refractivity contribution in [3.05, 3.63) is 30.5 Å². The molecule has 20 heavy (non-hydrogen) atoms. The van der Waals surface area contributed by atoms with Crippen LogP contribution in [0.5, 0.6) is 0 Å². The summed E-state index contributed by atoms with van der Waals surface area (Å²) in [7, 11) is -0.343. The molecule has 1 saturated heterocycles. The van der Waals surface area contributed by atoms with Gasteiger partial charge < -0.3 is 9.31 Å². The molecular weight excluding hydrogens is 255 g/mol. The summed E-state index contributed by atoms with van der Waals surface area (Å²) in [5, 5.41) is 7.41. The van der Waals surface area contributed by atoms with E-state index in [9.17, 15) is 0 Å². The second kappa shape index (κ2) is 4.43. The van der Waals surface area contributed by atoms with Gasteiger partial charge in [-0.2, -0.15) is 0 Å². The normalized spacial score (nSPS) is 20.3. The van der Waals surface area contributed by atoms with E-state index in [1.165, 1.54) is 0 Å². The molecule has 1 aromatic carbocycles. The molecule has 0 atom stereocenters. The van der Waals surface area contributed by atoms with Crippen LogP contribution in [-0.2, 0) is 9.31 Å². The smallest absolute Gasteiger partial charge is 0.399 e. The van der Waals surface area contributed by atoms with Gasteiger partial charge in [-0.25, -0.2) is 4.63 Å². The van der Waals surface area contributed by atoms with Gasteiger partial charge in [0.25, 0.3) is 0 Å². The van der Waals surface area contributed by atoms with Crippen LogP contribution in [0.25, 0.3) is 11.3 Å². The Hall–Kier alpha value is -1.66. The largest absolute Gasteiger partial charge is 0.494 e. The molecule has 0 N–H and O–H groups in total. The van der Waals surface area contributed by atoms with Crippen LogP contribution >= 0.6 is 0 Å². The zero-order chi connectivity index (χ0) is 14.4. The number of benzene rings is 1. The maximum absolute atomic E-state index is 6.01. The zero-order valence-electron chi connectivity index (χ0n) is 12.1. The lowest BCUT2D eigenvalue weighted by atomic mass is 9.79. The van der Waals surface area contributed by atoms with E-state index in [-0.39, 0.29) is 18.3 Å². The summed E-state index contributed by atoms with van der Waals surface area (Å²) >= 11 is 0. The van der Waals surface area contributed by atoms with E-state index in [1.807, 2.05) is 52.0 Å². The molecule has 1 fully saturated rings. The lowest BCUT2D eigenvalue weighted by molar-refractivity contribution is 0.00578. The highest BCUT2D eigenvalue weighted by Crippen LogP contribution is 2.36. The third-order valence-corrected chi connectivity index (χ3v) is 4.09. The molecule has 0 bridgehead atoms. The molecule has 0 saturated carbocycles. The lowest BCUT2D eigenvalue weighted by Gasteiger charge is -2.32. The molecule has 2 aromatic rings. The molecule has 104 valence electrons. The molecule has 0 unspecified atom stereocenters. The van der Waals surface area contributed by atoms with E-state index in [4.69, 9.17) is 9.31 Å². The average Bonchev–Trinajstić information content (AvgIpc) is 2.97. The first-order chi connectivity index (χ1) is 9.39. The quantitative estimate of drug-likeness (QED) is 0.783. The minimum Gasteiger partial charge on any atom is -0.399 e. The van der Waals surface area contributed by atoms with Gasteiger partial charge >= 0.3 is 7.12 Å². The van der Waals surface area contributed by atoms with Crippen molar-refractivity contribution in [2.24, 2.45) is 0 Å². The van der Waals surface area contributed by atoms with Crippen LogP contribution in [-0.4, -0.2) is 28.6 Å². The van der Waals surface area contributed by atoms with Gasteiger partial charge in [-0.05, 0) is 38.3 Å². The first-order valence-electron chi connectivity index (χ1n) is 6.63. The van der Waals surface area contributed by atoms with Crippen molar-refractivity contribution >= 4 is 12.6 Å². The molecule has 5 nitrogen and oxygen atoms in total. The van der Waals surface area contributed by atoms with Crippen LogP contribution in [0.4, 0.5) is 0 Å². The topological polar surface area (TPSA) is 57.4 Å². The summed E-state index contributed by atoms with van der Waals surface area (Å²) in [6, 6.07) is 7.87. The van der Waals surface area contributed by atoms with Crippen molar-refractivity contribution in [3.8, 4) is 11.3 Å². The summed E-state index contributed by atoms with van der Waals surface area (Å²) in [6.45, 7) is 8.18. The van der Waals surface area contributed by atoms with Crippen molar-refractivity contribution in [3.63, 3.8) is 0 Å². The van der Waals surface area contributed by atoms with Gasteiger partial charge in [0, 0.05) is 5.56 Å². The van der Waals surface area contributed by atoms with Gasteiger partial charge in [-0.15, -0.1) is 0 Å². The van der Waals surface area contributed by atoms with Crippen molar-refractivity contribution in [1.82, 2.24) is 10.3 Å². The Morgan fingerprint density at radius 2 is 1.55 bits per heavy atom. The van der Waals surface area contributed by atoms with Gasteiger partial charge in [-0.1, -0.05) is 29.4 Å². The summed E-state index contributed by atoms with van der Waals surface area (Å²) in [4.78, 5) is 0. The monoisotopic (exact) mass is 272 g/mol. The fraction of sp³-hybridized carbons (Fsp3) is 0.429. The summed E-state index contributed by atoms with van der Waals surface area (Å²) in [5.41, 5.74) is 2.00. The standard InChI is InChI=1S/C14H17BN2O3/c1-13(2)14(3,4)19-15(18-13)11-7-5-10(6-8-11)12-9-16-20-17-12/h5-9H,1-4H3. The first-order valence-corrected chi connectivity index (χ1v) is 6.63. The number of nitrogens with zero attached hydrogens (tertiary/aromatic N) is 2. The zero-order valence-corrected chi connectivity index (χ0v) is 12.1. The van der Waals surface area contributed by atoms with E-state index < -0.39 is 0 Å². The molecule has 1 aliphatic heterocycles. The van der Waals surface area contributed by atoms with Gasteiger partial charge in [-0.3, -0.25) is 0 Å². The third-order valence-electron chi connectivity index (χ3n) is 4.09. The fourth-order valence-corrected chi connectivity index (χ4v) is 2.08. The highest BCUT2D eigenvalue weighted by molar-refractivity contribution is 6.62. The van der Waals surface area contributed by atoms with Crippen LogP contribution in [0.1, 0.15) is 27.7 Å². The second-order valence-electron chi connectivity index (χ2n) is 6.00. The molecule has 0 aliphatic carbocycles. The minimum absolute atomic E-state index is 0.327. The van der Waals surface area contributed by atoms with Crippen molar-refractivity contribution in [2.75, 3.05) is 0 Å². The van der Waals surface area contributed by atoms with E-state index in [0.29, 0.717) is 5.69 Å². The van der Waals surface area contributed by atoms with Crippen LogP contribution in [0.3, 0.4) is 0 Å². The van der Waals surface area contributed by atoms with Crippen LogP contribution in [0, 0.1) is 0 Å². The Labute approximate surface area is 118 Å². The Kier molecular flexibility index (Phi) is 2.95. The SMILES string of the molecule is CC1(C)OB(c2ccc(-c3cnon3)cc2)OC1(C)C. The number of aromatic nitrogens is 2. The Morgan fingerprint density at radius 1 is 0.950 bits per heavy atom. The van der Waals surface area contributed by atoms with Crippen LogP contribution < -0.4 is 5.46 Å². The highest BCUT2D eigenvalue weighted by atomic mass is 16.7. The van der Waals surface area contributed by atoms with Crippen LogP contribution in [0.15, 0.2) is 35.1 Å². The first kappa shape index (κ1) is 13.3. The Morgan fingerprint density at radius 3 is 2.05 bits per heavy atom. The van der Waals surface area contributed by atoms with Gasteiger partial charge in [0.1, 0.15) is 5.69 Å². The molecule has 3 rings (SSSR count). The molecule has 1 aliphatic rings. The van der Waals surface area contributed by atoms with E-state index >= 15 is 0 Å². The summed E-state index contributed by atoms with van der Waals surface area (Å²) in [5.74, 6) is 0. The minimum atomic E-state index is -0.343. The van der Waals surface area contributed by atoms with Crippen LogP contribution in [0.2, 0.25) is 0 Å². The van der Waals surface area contributed by atoms with E-state index in [0.717, 1.165) is 11.0 Å². The highest BCUT2D eigenvalue weighted by Gasteiger charge is 2.51. The predicted octanol–water partition coefficient (Wildman–Crippen LogP) is 2.04. The van der Waals surface area contributed by atoms with Gasteiger partial charge in [0.2, 0.25) is 0 Å². The van der Waals surface area contributed by atoms with Gasteiger partial charge in [0.05, 0.1) is 17.4 Å². The summed E-state index contributed by atoms with van der Waals surface area (Å²) in [6.07, 6.45) is 1.59. The maximum atomic E-state index is 6.01. The van der Waals surface area contributed by atoms with Crippen molar-refractivity contribution in [2.45, 2.75) is 38.9 Å². The predicted molar refractivity (Wildman–Crippen MR) is 75.5 cm³/mol. The average molecular weight is 272 g/mol. The molecule has 2 heterocycles. The maximum Gasteiger partial charge on any atom is 0.494 e. The molecule has 6 heteroatoms. The number of hydrogen-bond acceptors (Lipinski definition) is 5. The molecule has 1 aromatic heterocycles. The second-order valence-corrected chi connectivity index (χ2v) is 6.00. The Balaban J connectivity index is 1.83. The van der Waals surface area contributed by atoms with E-state index in [2.05, 4.69) is 14.9 Å². The van der Waals surface area contributed by atoms with Crippen molar-refractivity contribution < 1.29 is 13.9 Å². The van der Waals surface area contributed by atoms with E-state index in [1.54, 1.807) is 6.20 Å². The molecule has 0 spiro atoms. The third kappa shape index (κ3) is 2.15. The summed E-state index contributed by atoms with van der Waals surface area (Å²) < 4.78 is 16.6. The lowest BCUT2D eigenvalue weighted by Crippen LogP contribution is -2.41. The molecular formula is C14H17BN2O3. The molecule has 0 amide bonds. The molecule has 0 radical (unpaired) electrons. The fourth-order valence-electron chi connectivity index (χ4n) is 2.08. The van der Waals surface area contributed by atoms with Gasteiger partial charge in [0.15, 0.2) is 0 Å². The number of rotatable bonds is 2.